The van der Waals surface area contributed by atoms with Crippen molar-refractivity contribution in [1.82, 2.24) is 4.57 Å². The first kappa shape index (κ1) is 21.0. The second kappa shape index (κ2) is 7.94. The second-order valence-corrected chi connectivity index (χ2v) is 9.38. The third-order valence-corrected chi connectivity index (χ3v) is 6.87. The van der Waals surface area contributed by atoms with Crippen molar-refractivity contribution < 1.29 is 22.1 Å². The van der Waals surface area contributed by atoms with E-state index in [2.05, 4.69) is 11.5 Å². The number of carbonyl (C=O) groups excluding carboxylic acids is 1. The van der Waals surface area contributed by atoms with E-state index in [1.165, 1.54) is 30.3 Å². The molecule has 1 aliphatic rings. The summed E-state index contributed by atoms with van der Waals surface area (Å²) in [6, 6.07) is 18.8. The van der Waals surface area contributed by atoms with Gasteiger partial charge in [0.05, 0.1) is 5.56 Å². The first-order chi connectivity index (χ1) is 15.9. The van der Waals surface area contributed by atoms with Crippen molar-refractivity contribution in [2.45, 2.75) is 25.3 Å². The molecule has 4 aromatic rings. The maximum absolute atomic E-state index is 12.9. The van der Waals surface area contributed by atoms with Crippen LogP contribution in [0.4, 0.5) is 0 Å². The van der Waals surface area contributed by atoms with Crippen LogP contribution < -0.4 is 8.92 Å². The maximum atomic E-state index is 12.9. The van der Waals surface area contributed by atoms with Gasteiger partial charge in [0, 0.05) is 35.3 Å². The van der Waals surface area contributed by atoms with Gasteiger partial charge in [0.2, 0.25) is 5.78 Å². The largest absolute Gasteiger partial charge is 0.452 e. The van der Waals surface area contributed by atoms with E-state index in [4.69, 9.17) is 8.92 Å². The monoisotopic (exact) mass is 459 g/mol. The third kappa shape index (κ3) is 3.81. The molecule has 6 nitrogen and oxygen atoms in total. The average Bonchev–Trinajstić information content (AvgIpc) is 3.31. The van der Waals surface area contributed by atoms with Crippen LogP contribution in [0.5, 0.6) is 11.5 Å². The molecule has 1 aromatic heterocycles. The van der Waals surface area contributed by atoms with Gasteiger partial charge < -0.3 is 13.5 Å². The Morgan fingerprint density at radius 3 is 2.55 bits per heavy atom. The highest BCUT2D eigenvalue weighted by atomic mass is 32.2. The molecule has 0 atom stereocenters. The lowest BCUT2D eigenvalue weighted by molar-refractivity contribution is 0.101. The van der Waals surface area contributed by atoms with Gasteiger partial charge in [-0.1, -0.05) is 35.9 Å². The highest BCUT2D eigenvalue weighted by Gasteiger charge is 2.29. The summed E-state index contributed by atoms with van der Waals surface area (Å²) in [4.78, 5) is 13.0. The van der Waals surface area contributed by atoms with Gasteiger partial charge in [0.15, 0.2) is 5.76 Å². The van der Waals surface area contributed by atoms with Crippen LogP contribution in [0.15, 0.2) is 83.6 Å². The molecular formula is C26H21NO5S. The molecule has 0 saturated heterocycles. The fourth-order valence-corrected chi connectivity index (χ4v) is 4.81. The first-order valence-corrected chi connectivity index (χ1v) is 11.9. The number of hydrogen-bond donors (Lipinski definition) is 0. The summed E-state index contributed by atoms with van der Waals surface area (Å²) < 4.78 is 38.4. The predicted octanol–water partition coefficient (Wildman–Crippen LogP) is 5.35. The summed E-state index contributed by atoms with van der Waals surface area (Å²) in [5, 5.41) is 1.02. The molecule has 0 aliphatic carbocycles. The molecule has 0 bridgehead atoms. The average molecular weight is 460 g/mol. The fourth-order valence-electron chi connectivity index (χ4n) is 3.89. The lowest BCUT2D eigenvalue weighted by Gasteiger charge is -2.08. The zero-order chi connectivity index (χ0) is 23.2. The van der Waals surface area contributed by atoms with Crippen LogP contribution in [-0.4, -0.2) is 18.8 Å². The van der Waals surface area contributed by atoms with Crippen LogP contribution in [0.1, 0.15) is 28.4 Å². The number of Topliss-reactive ketones (excluding diaryl/α,β-unsaturated/α-hetero) is 1. The molecule has 5 rings (SSSR count). The number of ketones is 1. The van der Waals surface area contributed by atoms with Gasteiger partial charge in [0.1, 0.15) is 16.4 Å². The topological polar surface area (TPSA) is 74.6 Å². The van der Waals surface area contributed by atoms with E-state index in [9.17, 15) is 13.2 Å². The molecular weight excluding hydrogens is 438 g/mol. The van der Waals surface area contributed by atoms with Crippen molar-refractivity contribution in [1.29, 1.82) is 0 Å². The van der Waals surface area contributed by atoms with Crippen LogP contribution >= 0.6 is 0 Å². The zero-order valence-corrected chi connectivity index (χ0v) is 18.9. The molecule has 0 radical (unpaired) electrons. The van der Waals surface area contributed by atoms with Gasteiger partial charge in [0.25, 0.3) is 0 Å². The highest BCUT2D eigenvalue weighted by molar-refractivity contribution is 7.87. The standard InChI is InChI=1S/C26H21NO5S/c1-3-27-16-18(21-6-4-5-7-23(21)27)14-25-26(28)22-13-10-19(15-24(22)31-25)32-33(29,30)20-11-8-17(2)9-12-20/h4-16H,3H2,1-2H3. The summed E-state index contributed by atoms with van der Waals surface area (Å²) in [5.41, 5.74) is 3.26. The van der Waals surface area contributed by atoms with E-state index < -0.39 is 10.1 Å². The summed E-state index contributed by atoms with van der Waals surface area (Å²) in [5.74, 6) is 0.266. The SMILES string of the molecule is CCn1cc(C=C2Oc3cc(OS(=O)(=O)c4ccc(C)cc4)ccc3C2=O)c2ccccc21. The lowest BCUT2D eigenvalue weighted by atomic mass is 10.1. The normalized spacial score (nSPS) is 14.5. The van der Waals surface area contributed by atoms with Crippen molar-refractivity contribution in [2.24, 2.45) is 0 Å². The van der Waals surface area contributed by atoms with Crippen molar-refractivity contribution >= 4 is 32.9 Å². The summed E-state index contributed by atoms with van der Waals surface area (Å²) in [6.07, 6.45) is 3.71. The Morgan fingerprint density at radius 2 is 1.79 bits per heavy atom. The first-order valence-electron chi connectivity index (χ1n) is 10.5. The van der Waals surface area contributed by atoms with Crippen LogP contribution in [-0.2, 0) is 16.7 Å². The number of rotatable bonds is 5. The number of aryl methyl sites for hydroxylation is 2. The lowest BCUT2D eigenvalue weighted by Crippen LogP contribution is -2.09. The van der Waals surface area contributed by atoms with E-state index in [1.807, 2.05) is 37.4 Å². The van der Waals surface area contributed by atoms with Crippen LogP contribution in [0.2, 0.25) is 0 Å². The minimum atomic E-state index is -4.01. The molecule has 33 heavy (non-hydrogen) atoms. The molecule has 0 N–H and O–H groups in total. The van der Waals surface area contributed by atoms with Crippen molar-refractivity contribution in [3.8, 4) is 11.5 Å². The Labute approximate surface area is 191 Å². The predicted molar refractivity (Wildman–Crippen MR) is 126 cm³/mol. The number of para-hydroxylation sites is 1. The minimum absolute atomic E-state index is 0.0542. The van der Waals surface area contributed by atoms with Gasteiger partial charge in [-0.2, -0.15) is 8.42 Å². The van der Waals surface area contributed by atoms with Crippen LogP contribution in [0.3, 0.4) is 0 Å². The van der Waals surface area contributed by atoms with E-state index in [-0.39, 0.29) is 27.9 Å². The number of ether oxygens (including phenoxy) is 1. The molecule has 0 spiro atoms. The number of allylic oxidation sites excluding steroid dienone is 1. The smallest absolute Gasteiger partial charge is 0.339 e. The van der Waals surface area contributed by atoms with E-state index in [0.29, 0.717) is 5.56 Å². The Bertz CT molecular complexity index is 1530. The van der Waals surface area contributed by atoms with Crippen molar-refractivity contribution in [2.75, 3.05) is 0 Å². The van der Waals surface area contributed by atoms with Crippen molar-refractivity contribution in [3.63, 3.8) is 0 Å². The molecule has 0 saturated carbocycles. The number of hydrogen-bond acceptors (Lipinski definition) is 5. The highest BCUT2D eigenvalue weighted by Crippen LogP contribution is 2.36. The van der Waals surface area contributed by atoms with Crippen molar-refractivity contribution in [3.05, 3.63) is 95.4 Å². The summed E-state index contributed by atoms with van der Waals surface area (Å²) in [7, 11) is -4.01. The third-order valence-electron chi connectivity index (χ3n) is 5.60. The molecule has 7 heteroatoms. The van der Waals surface area contributed by atoms with Gasteiger partial charge in [-0.15, -0.1) is 0 Å². The number of benzene rings is 3. The van der Waals surface area contributed by atoms with E-state index >= 15 is 0 Å². The quantitative estimate of drug-likeness (QED) is 0.297. The second-order valence-electron chi connectivity index (χ2n) is 7.84. The minimum Gasteiger partial charge on any atom is -0.452 e. The Kier molecular flexibility index (Phi) is 5.06. The molecule has 3 aromatic carbocycles. The summed E-state index contributed by atoms with van der Waals surface area (Å²) in [6.45, 7) is 4.73. The number of carbonyl (C=O) groups is 1. The fraction of sp³-hybridized carbons (Fsp3) is 0.115. The molecule has 166 valence electrons. The summed E-state index contributed by atoms with van der Waals surface area (Å²) >= 11 is 0. The van der Waals surface area contributed by atoms with Crippen LogP contribution in [0, 0.1) is 6.92 Å². The molecule has 0 fully saturated rings. The number of fused-ring (bicyclic) bond motifs is 2. The van der Waals surface area contributed by atoms with Crippen LogP contribution in [0.25, 0.3) is 17.0 Å². The van der Waals surface area contributed by atoms with Gasteiger partial charge in [-0.25, -0.2) is 0 Å². The number of aromatic nitrogens is 1. The zero-order valence-electron chi connectivity index (χ0n) is 18.1. The molecule has 2 heterocycles. The van der Waals surface area contributed by atoms with Gasteiger partial charge >= 0.3 is 10.1 Å². The van der Waals surface area contributed by atoms with E-state index in [1.54, 1.807) is 18.2 Å². The van der Waals surface area contributed by atoms with Gasteiger partial charge in [-0.05, 0) is 50.3 Å². The Morgan fingerprint density at radius 1 is 1.03 bits per heavy atom. The molecule has 0 amide bonds. The Balaban J connectivity index is 1.45. The molecule has 0 unspecified atom stereocenters. The Hall–Kier alpha value is -3.84. The van der Waals surface area contributed by atoms with Gasteiger partial charge in [-0.3, -0.25) is 4.79 Å². The molecule has 1 aliphatic heterocycles. The maximum Gasteiger partial charge on any atom is 0.339 e. The number of nitrogens with zero attached hydrogens (tertiary/aromatic N) is 1. The van der Waals surface area contributed by atoms with E-state index in [0.717, 1.165) is 28.6 Å².